The van der Waals surface area contributed by atoms with Crippen LogP contribution < -0.4 is 5.32 Å². The van der Waals surface area contributed by atoms with Crippen LogP contribution in [0, 0.1) is 0 Å². The molecule has 108 valence electrons. The summed E-state index contributed by atoms with van der Waals surface area (Å²) < 4.78 is 0. The third-order valence-corrected chi connectivity index (χ3v) is 3.99. The lowest BCUT2D eigenvalue weighted by Crippen LogP contribution is -2.14. The van der Waals surface area contributed by atoms with E-state index in [4.69, 9.17) is 23.2 Å². The number of para-hydroxylation sites is 1. The number of nitrogens with one attached hydrogen (secondary N) is 1. The molecule has 2 aromatic rings. The third-order valence-electron chi connectivity index (χ3n) is 2.46. The topological polar surface area (TPSA) is 54.9 Å². The summed E-state index contributed by atoms with van der Waals surface area (Å²) in [4.78, 5) is 13.2. The average molecular weight is 340 g/mol. The van der Waals surface area contributed by atoms with Crippen molar-refractivity contribution < 1.29 is 4.79 Å². The molecule has 1 aromatic carbocycles. The molecule has 21 heavy (non-hydrogen) atoms. The minimum atomic E-state index is -0.386. The lowest BCUT2D eigenvalue weighted by molar-refractivity contribution is 0.102. The number of hydrogen-bond acceptors (Lipinski definition) is 4. The zero-order valence-corrected chi connectivity index (χ0v) is 13.2. The third kappa shape index (κ3) is 4.20. The largest absolute Gasteiger partial charge is 0.321 e. The molecule has 0 bridgehead atoms. The maximum Gasteiger partial charge on any atom is 0.259 e. The van der Waals surface area contributed by atoms with E-state index in [0.29, 0.717) is 5.69 Å². The molecule has 1 amide bonds. The number of amides is 1. The Morgan fingerprint density at radius 3 is 2.86 bits per heavy atom. The molecular formula is C14H11Cl2N3OS. The number of carbonyl (C=O) groups excluding carboxylic acids is 1. The highest BCUT2D eigenvalue weighted by molar-refractivity contribution is 7.99. The van der Waals surface area contributed by atoms with E-state index in [1.54, 1.807) is 17.8 Å². The van der Waals surface area contributed by atoms with Crippen molar-refractivity contribution in [2.24, 2.45) is 0 Å². The summed E-state index contributed by atoms with van der Waals surface area (Å²) >= 11 is 13.2. The van der Waals surface area contributed by atoms with Gasteiger partial charge in [-0.15, -0.1) is 28.5 Å². The van der Waals surface area contributed by atoms with Crippen LogP contribution in [-0.4, -0.2) is 21.9 Å². The van der Waals surface area contributed by atoms with Gasteiger partial charge < -0.3 is 5.32 Å². The lowest BCUT2D eigenvalue weighted by atomic mass is 10.2. The van der Waals surface area contributed by atoms with Gasteiger partial charge in [-0.05, 0) is 18.2 Å². The molecule has 1 heterocycles. The van der Waals surface area contributed by atoms with Crippen molar-refractivity contribution in [3.63, 3.8) is 0 Å². The van der Waals surface area contributed by atoms with E-state index in [2.05, 4.69) is 22.1 Å². The second kappa shape index (κ2) is 7.45. The maximum absolute atomic E-state index is 12.3. The zero-order chi connectivity index (χ0) is 15.2. The monoisotopic (exact) mass is 339 g/mol. The zero-order valence-electron chi connectivity index (χ0n) is 10.8. The van der Waals surface area contributed by atoms with Crippen LogP contribution in [0.15, 0.2) is 47.9 Å². The van der Waals surface area contributed by atoms with Gasteiger partial charge >= 0.3 is 0 Å². The van der Waals surface area contributed by atoms with Gasteiger partial charge in [0.1, 0.15) is 0 Å². The summed E-state index contributed by atoms with van der Waals surface area (Å²) in [5.41, 5.74) is 0.874. The Balaban J connectivity index is 2.23. The molecule has 2 rings (SSSR count). The minimum absolute atomic E-state index is 0.00752. The minimum Gasteiger partial charge on any atom is -0.321 e. The molecule has 0 aliphatic rings. The first-order chi connectivity index (χ1) is 10.1. The Bertz CT molecular complexity index is 679. The van der Waals surface area contributed by atoms with Crippen LogP contribution in [0.5, 0.6) is 0 Å². The van der Waals surface area contributed by atoms with Gasteiger partial charge in [0.05, 0.1) is 11.3 Å². The van der Waals surface area contributed by atoms with Gasteiger partial charge in [-0.25, -0.2) is 0 Å². The van der Waals surface area contributed by atoms with E-state index in [1.807, 2.05) is 24.3 Å². The van der Waals surface area contributed by atoms with Crippen molar-refractivity contribution in [2.45, 2.75) is 4.90 Å². The molecule has 0 atom stereocenters. The van der Waals surface area contributed by atoms with Gasteiger partial charge in [-0.2, -0.15) is 0 Å². The summed E-state index contributed by atoms with van der Waals surface area (Å²) in [5, 5.41) is 10.1. The van der Waals surface area contributed by atoms with E-state index < -0.39 is 0 Å². The standard InChI is InChI=1S/C14H11Cl2N3OS/c1-2-7-21-11-6-4-3-5-10(11)17-14(20)9-8-12(15)18-19-13(9)16/h2-6,8H,1,7H2,(H,17,20). The first-order valence-corrected chi connectivity index (χ1v) is 7.68. The van der Waals surface area contributed by atoms with Crippen LogP contribution in [0.1, 0.15) is 10.4 Å². The summed E-state index contributed by atoms with van der Waals surface area (Å²) in [5.74, 6) is 0.361. The molecule has 7 heteroatoms. The predicted molar refractivity (Wildman–Crippen MR) is 87.4 cm³/mol. The molecule has 0 saturated carbocycles. The van der Waals surface area contributed by atoms with Crippen LogP contribution in [-0.2, 0) is 0 Å². The second-order valence-electron chi connectivity index (χ2n) is 3.92. The Morgan fingerprint density at radius 1 is 1.33 bits per heavy atom. The molecule has 0 spiro atoms. The van der Waals surface area contributed by atoms with Gasteiger partial charge in [-0.3, -0.25) is 4.79 Å². The Morgan fingerprint density at radius 2 is 2.10 bits per heavy atom. The van der Waals surface area contributed by atoms with Gasteiger partial charge in [-0.1, -0.05) is 41.4 Å². The van der Waals surface area contributed by atoms with E-state index in [0.717, 1.165) is 10.6 Å². The van der Waals surface area contributed by atoms with Crippen molar-refractivity contribution >= 4 is 46.6 Å². The molecular weight excluding hydrogens is 329 g/mol. The number of nitrogens with zero attached hydrogens (tertiary/aromatic N) is 2. The van der Waals surface area contributed by atoms with Crippen LogP contribution in [0.4, 0.5) is 5.69 Å². The summed E-state index contributed by atoms with van der Waals surface area (Å²) in [6.07, 6.45) is 1.80. The molecule has 0 unspecified atom stereocenters. The van der Waals surface area contributed by atoms with Crippen LogP contribution >= 0.6 is 35.0 Å². The number of benzene rings is 1. The van der Waals surface area contributed by atoms with Crippen LogP contribution in [0.3, 0.4) is 0 Å². The molecule has 0 aliphatic carbocycles. The predicted octanol–water partition coefficient (Wildman–Crippen LogP) is 4.31. The molecule has 0 saturated heterocycles. The van der Waals surface area contributed by atoms with Crippen molar-refractivity contribution in [1.29, 1.82) is 0 Å². The van der Waals surface area contributed by atoms with Gasteiger partial charge in [0.2, 0.25) is 0 Å². The highest BCUT2D eigenvalue weighted by Gasteiger charge is 2.14. The average Bonchev–Trinajstić information content (AvgIpc) is 2.48. The highest BCUT2D eigenvalue weighted by Crippen LogP contribution is 2.28. The number of anilines is 1. The second-order valence-corrected chi connectivity index (χ2v) is 5.73. The van der Waals surface area contributed by atoms with Crippen LogP contribution in [0.25, 0.3) is 0 Å². The molecule has 0 radical (unpaired) electrons. The SMILES string of the molecule is C=CCSc1ccccc1NC(=O)c1cc(Cl)nnc1Cl. The summed E-state index contributed by atoms with van der Waals surface area (Å²) in [6.45, 7) is 3.68. The number of rotatable bonds is 5. The molecule has 0 fully saturated rings. The number of halogens is 2. The first-order valence-electron chi connectivity index (χ1n) is 5.94. The molecule has 1 N–H and O–H groups in total. The van der Waals surface area contributed by atoms with Gasteiger partial charge in [0.15, 0.2) is 10.3 Å². The normalized spacial score (nSPS) is 10.2. The Kier molecular flexibility index (Phi) is 5.61. The molecule has 0 aliphatic heterocycles. The fraction of sp³-hybridized carbons (Fsp3) is 0.0714. The van der Waals surface area contributed by atoms with Crippen molar-refractivity contribution in [2.75, 3.05) is 11.1 Å². The summed E-state index contributed by atoms with van der Waals surface area (Å²) in [7, 11) is 0. The highest BCUT2D eigenvalue weighted by atomic mass is 35.5. The van der Waals surface area contributed by atoms with E-state index in [-0.39, 0.29) is 21.8 Å². The Labute approximate surface area is 136 Å². The van der Waals surface area contributed by atoms with Crippen molar-refractivity contribution in [1.82, 2.24) is 10.2 Å². The number of carbonyl (C=O) groups is 1. The first kappa shape index (κ1) is 15.8. The fourth-order valence-electron chi connectivity index (χ4n) is 1.55. The summed E-state index contributed by atoms with van der Waals surface area (Å²) in [6, 6.07) is 8.86. The van der Waals surface area contributed by atoms with E-state index in [9.17, 15) is 4.79 Å². The van der Waals surface area contributed by atoms with E-state index in [1.165, 1.54) is 6.07 Å². The number of aromatic nitrogens is 2. The molecule has 1 aromatic heterocycles. The smallest absolute Gasteiger partial charge is 0.259 e. The maximum atomic E-state index is 12.3. The molecule has 4 nitrogen and oxygen atoms in total. The van der Waals surface area contributed by atoms with Crippen molar-refractivity contribution in [3.8, 4) is 0 Å². The van der Waals surface area contributed by atoms with E-state index >= 15 is 0 Å². The number of thioether (sulfide) groups is 1. The van der Waals surface area contributed by atoms with Gasteiger partial charge in [0, 0.05) is 10.6 Å². The van der Waals surface area contributed by atoms with Crippen LogP contribution in [0.2, 0.25) is 10.3 Å². The van der Waals surface area contributed by atoms with Gasteiger partial charge in [0.25, 0.3) is 5.91 Å². The quantitative estimate of drug-likeness (QED) is 0.651. The van der Waals surface area contributed by atoms with Crippen molar-refractivity contribution in [3.05, 3.63) is 58.9 Å². The fourth-order valence-corrected chi connectivity index (χ4v) is 2.62. The number of hydrogen-bond donors (Lipinski definition) is 1. The Hall–Kier alpha value is -1.56. The lowest BCUT2D eigenvalue weighted by Gasteiger charge is -2.10.